The van der Waals surface area contributed by atoms with E-state index in [0.29, 0.717) is 24.2 Å². The molecule has 1 fully saturated rings. The number of anilines is 1. The fraction of sp³-hybridized carbons (Fsp3) is 0.500. The molecule has 7 heteroatoms. The van der Waals surface area contributed by atoms with Crippen LogP contribution >= 0.6 is 0 Å². The summed E-state index contributed by atoms with van der Waals surface area (Å²) in [5.41, 5.74) is 1.31. The zero-order chi connectivity index (χ0) is 18.9. The average molecular weight is 369 g/mol. The van der Waals surface area contributed by atoms with Crippen LogP contribution in [0.25, 0.3) is 0 Å². The molecule has 144 valence electrons. The maximum atomic E-state index is 12.1. The largest absolute Gasteiger partial charge is 0.467 e. The molecule has 1 N–H and O–H groups in total. The molecule has 0 aliphatic carbocycles. The molecule has 0 unspecified atom stereocenters. The summed E-state index contributed by atoms with van der Waals surface area (Å²) in [7, 11) is 1.54. The van der Waals surface area contributed by atoms with E-state index in [2.05, 4.69) is 37.3 Å². The molecule has 1 saturated heterocycles. The summed E-state index contributed by atoms with van der Waals surface area (Å²) in [4.78, 5) is 27.3. The normalized spacial score (nSPS) is 13.6. The first kappa shape index (κ1) is 19.1. The predicted molar refractivity (Wildman–Crippen MR) is 104 cm³/mol. The number of hydrogen-bond donors (Lipinski definition) is 1. The zero-order valence-electron chi connectivity index (χ0n) is 15.9. The van der Waals surface area contributed by atoms with E-state index < -0.39 is 0 Å². The van der Waals surface area contributed by atoms with E-state index in [4.69, 9.17) is 4.74 Å². The van der Waals surface area contributed by atoms with Gasteiger partial charge in [0, 0.05) is 19.5 Å². The summed E-state index contributed by atoms with van der Waals surface area (Å²) in [5, 5.41) is 2.90. The van der Waals surface area contributed by atoms with Crippen molar-refractivity contribution >= 4 is 11.9 Å². The number of unbranched alkanes of at least 4 members (excludes halogenated alkanes) is 1. The minimum atomic E-state index is 0.0187. The molecule has 1 aromatic heterocycles. The van der Waals surface area contributed by atoms with Gasteiger partial charge in [0.15, 0.2) is 5.82 Å². The first-order valence-electron chi connectivity index (χ1n) is 9.59. The Hall–Kier alpha value is -2.70. The number of methoxy groups -OCH3 is 1. The average Bonchev–Trinajstić information content (AvgIpc) is 3.25. The van der Waals surface area contributed by atoms with Crippen molar-refractivity contribution in [2.75, 3.05) is 25.1 Å². The molecule has 0 atom stereocenters. The first-order chi connectivity index (χ1) is 13.2. The van der Waals surface area contributed by atoms with Gasteiger partial charge in [-0.2, -0.15) is 15.0 Å². The lowest BCUT2D eigenvalue weighted by Crippen LogP contribution is -2.26. The maximum absolute atomic E-state index is 12.1. The molecule has 0 spiro atoms. The van der Waals surface area contributed by atoms with Gasteiger partial charge < -0.3 is 15.0 Å². The first-order valence-corrected chi connectivity index (χ1v) is 9.59. The maximum Gasteiger partial charge on any atom is 0.321 e. The SMILES string of the molecule is COc1nc(CNC(=O)CCCCc2ccccc2)nc(N2CCCC2)n1. The van der Waals surface area contributed by atoms with Crippen molar-refractivity contribution in [3.8, 4) is 6.01 Å². The molecule has 2 heterocycles. The minimum Gasteiger partial charge on any atom is -0.467 e. The van der Waals surface area contributed by atoms with E-state index in [1.807, 2.05) is 18.2 Å². The number of carbonyl (C=O) groups excluding carboxylic acids is 1. The van der Waals surface area contributed by atoms with Crippen LogP contribution in [0.2, 0.25) is 0 Å². The molecule has 0 radical (unpaired) electrons. The van der Waals surface area contributed by atoms with Crippen LogP contribution in [0.15, 0.2) is 30.3 Å². The quantitative estimate of drug-likeness (QED) is 0.684. The van der Waals surface area contributed by atoms with E-state index in [0.717, 1.165) is 45.2 Å². The standard InChI is InChI=1S/C20H27N5O2/c1-27-20-23-17(22-19(24-20)25-13-7-8-14-25)15-21-18(26)12-6-5-11-16-9-3-2-4-10-16/h2-4,9-10H,5-8,11-15H2,1H3,(H,21,26). The highest BCUT2D eigenvalue weighted by molar-refractivity contribution is 5.75. The Morgan fingerprint density at radius 2 is 1.89 bits per heavy atom. The van der Waals surface area contributed by atoms with Crippen molar-refractivity contribution in [2.45, 2.75) is 45.1 Å². The number of aryl methyl sites for hydroxylation is 1. The molecule has 2 aromatic rings. The Kier molecular flexibility index (Phi) is 6.96. The van der Waals surface area contributed by atoms with Crippen LogP contribution in [-0.2, 0) is 17.8 Å². The van der Waals surface area contributed by atoms with Crippen LogP contribution in [0.3, 0.4) is 0 Å². The molecule has 1 aliphatic rings. The predicted octanol–water partition coefficient (Wildman–Crippen LogP) is 2.51. The highest BCUT2D eigenvalue weighted by Crippen LogP contribution is 2.17. The molecule has 0 saturated carbocycles. The van der Waals surface area contributed by atoms with Crippen LogP contribution in [-0.4, -0.2) is 41.1 Å². The third-order valence-corrected chi connectivity index (χ3v) is 4.63. The van der Waals surface area contributed by atoms with Gasteiger partial charge in [-0.15, -0.1) is 0 Å². The summed E-state index contributed by atoms with van der Waals surface area (Å²) in [5.74, 6) is 1.18. The monoisotopic (exact) mass is 369 g/mol. The fourth-order valence-corrected chi connectivity index (χ4v) is 3.14. The molecular formula is C20H27N5O2. The van der Waals surface area contributed by atoms with E-state index in [-0.39, 0.29) is 12.5 Å². The van der Waals surface area contributed by atoms with Crippen LogP contribution in [0.5, 0.6) is 6.01 Å². The molecular weight excluding hydrogens is 342 g/mol. The molecule has 7 nitrogen and oxygen atoms in total. The van der Waals surface area contributed by atoms with Gasteiger partial charge in [-0.05, 0) is 37.7 Å². The zero-order valence-corrected chi connectivity index (χ0v) is 15.9. The van der Waals surface area contributed by atoms with Crippen molar-refractivity contribution in [1.82, 2.24) is 20.3 Å². The number of ether oxygens (including phenoxy) is 1. The van der Waals surface area contributed by atoms with Crippen LogP contribution < -0.4 is 15.0 Å². The van der Waals surface area contributed by atoms with Gasteiger partial charge in [0.25, 0.3) is 0 Å². The third-order valence-electron chi connectivity index (χ3n) is 4.63. The van der Waals surface area contributed by atoms with Gasteiger partial charge in [0.1, 0.15) is 0 Å². The number of amides is 1. The lowest BCUT2D eigenvalue weighted by Gasteiger charge is -2.16. The van der Waals surface area contributed by atoms with Crippen molar-refractivity contribution in [3.05, 3.63) is 41.7 Å². The third kappa shape index (κ3) is 5.91. The molecule has 1 aromatic carbocycles. The number of hydrogen-bond acceptors (Lipinski definition) is 6. The van der Waals surface area contributed by atoms with Gasteiger partial charge in [0.05, 0.1) is 13.7 Å². The summed E-state index contributed by atoms with van der Waals surface area (Å²) >= 11 is 0. The minimum absolute atomic E-state index is 0.0187. The molecule has 1 aliphatic heterocycles. The Bertz CT molecular complexity index is 732. The van der Waals surface area contributed by atoms with Crippen molar-refractivity contribution < 1.29 is 9.53 Å². The second-order valence-corrected chi connectivity index (χ2v) is 6.70. The van der Waals surface area contributed by atoms with Gasteiger partial charge >= 0.3 is 6.01 Å². The number of carbonyl (C=O) groups is 1. The second kappa shape index (κ2) is 9.85. The van der Waals surface area contributed by atoms with Crippen molar-refractivity contribution in [1.29, 1.82) is 0 Å². The summed E-state index contributed by atoms with van der Waals surface area (Å²) in [6.07, 6.45) is 5.65. The van der Waals surface area contributed by atoms with Crippen LogP contribution in [0.4, 0.5) is 5.95 Å². The van der Waals surface area contributed by atoms with E-state index in [1.54, 1.807) is 0 Å². The van der Waals surface area contributed by atoms with Crippen LogP contribution in [0, 0.1) is 0 Å². The number of nitrogens with one attached hydrogen (secondary N) is 1. The number of aromatic nitrogens is 3. The van der Waals surface area contributed by atoms with Crippen LogP contribution in [0.1, 0.15) is 43.5 Å². The van der Waals surface area contributed by atoms with E-state index in [1.165, 1.54) is 12.7 Å². The van der Waals surface area contributed by atoms with E-state index >= 15 is 0 Å². The summed E-state index contributed by atoms with van der Waals surface area (Å²) in [6, 6.07) is 10.6. The van der Waals surface area contributed by atoms with Gasteiger partial charge in [-0.3, -0.25) is 4.79 Å². The fourth-order valence-electron chi connectivity index (χ4n) is 3.14. The highest BCUT2D eigenvalue weighted by atomic mass is 16.5. The lowest BCUT2D eigenvalue weighted by molar-refractivity contribution is -0.121. The van der Waals surface area contributed by atoms with Crippen molar-refractivity contribution in [3.63, 3.8) is 0 Å². The topological polar surface area (TPSA) is 80.2 Å². The number of nitrogens with zero attached hydrogens (tertiary/aromatic N) is 4. The molecule has 0 bridgehead atoms. The smallest absolute Gasteiger partial charge is 0.321 e. The highest BCUT2D eigenvalue weighted by Gasteiger charge is 2.17. The second-order valence-electron chi connectivity index (χ2n) is 6.70. The molecule has 3 rings (SSSR count). The Labute approximate surface area is 160 Å². The van der Waals surface area contributed by atoms with Gasteiger partial charge in [-0.25, -0.2) is 0 Å². The number of benzene rings is 1. The van der Waals surface area contributed by atoms with E-state index in [9.17, 15) is 4.79 Å². The molecule has 27 heavy (non-hydrogen) atoms. The van der Waals surface area contributed by atoms with Crippen molar-refractivity contribution in [2.24, 2.45) is 0 Å². The molecule has 1 amide bonds. The Morgan fingerprint density at radius 3 is 2.63 bits per heavy atom. The summed E-state index contributed by atoms with van der Waals surface area (Å²) in [6.45, 7) is 2.18. The Morgan fingerprint density at radius 1 is 1.11 bits per heavy atom. The van der Waals surface area contributed by atoms with Gasteiger partial charge in [-0.1, -0.05) is 30.3 Å². The Balaban J connectivity index is 1.44. The number of rotatable bonds is 9. The summed E-state index contributed by atoms with van der Waals surface area (Å²) < 4.78 is 5.18. The van der Waals surface area contributed by atoms with Gasteiger partial charge in [0.2, 0.25) is 11.9 Å². The lowest BCUT2D eigenvalue weighted by atomic mass is 10.1.